The molecule has 0 unspecified atom stereocenters. The van der Waals surface area contributed by atoms with Crippen LogP contribution in [-0.4, -0.2) is 17.6 Å². The van der Waals surface area contributed by atoms with Crippen LogP contribution in [0.3, 0.4) is 0 Å². The van der Waals surface area contributed by atoms with Gasteiger partial charge >= 0.3 is 6.03 Å². The molecule has 2 aromatic rings. The number of aromatic nitrogens is 1. The molecule has 0 saturated heterocycles. The third kappa shape index (κ3) is 4.30. The maximum Gasteiger partial charge on any atom is 0.319 e. The highest BCUT2D eigenvalue weighted by atomic mass is 35.5. The Kier molecular flexibility index (Phi) is 4.41. The van der Waals surface area contributed by atoms with Crippen molar-refractivity contribution in [3.63, 3.8) is 0 Å². The average Bonchev–Trinajstić information content (AvgIpc) is 2.78. The van der Waals surface area contributed by atoms with Gasteiger partial charge in [0.1, 0.15) is 5.76 Å². The van der Waals surface area contributed by atoms with Crippen LogP contribution in [0.25, 0.3) is 0 Å². The number of aryl methyl sites for hydroxylation is 1. The van der Waals surface area contributed by atoms with E-state index in [0.717, 1.165) is 5.76 Å². The fourth-order valence-electron chi connectivity index (χ4n) is 1.51. The van der Waals surface area contributed by atoms with E-state index < -0.39 is 0 Å². The van der Waals surface area contributed by atoms with Crippen molar-refractivity contribution >= 4 is 23.3 Å². The monoisotopic (exact) mass is 279 g/mol. The van der Waals surface area contributed by atoms with Crippen LogP contribution in [0.15, 0.2) is 34.9 Å². The quantitative estimate of drug-likeness (QED) is 0.904. The van der Waals surface area contributed by atoms with Crippen molar-refractivity contribution < 1.29 is 9.21 Å². The van der Waals surface area contributed by atoms with Crippen LogP contribution >= 0.6 is 11.6 Å². The summed E-state index contributed by atoms with van der Waals surface area (Å²) in [6, 6.07) is 6.63. The first-order valence-electron chi connectivity index (χ1n) is 5.85. The molecule has 0 bridgehead atoms. The number of carbonyl (C=O) groups excluding carboxylic acids is 1. The van der Waals surface area contributed by atoms with E-state index in [9.17, 15) is 4.79 Å². The molecule has 0 aliphatic carbocycles. The predicted molar refractivity (Wildman–Crippen MR) is 73.4 cm³/mol. The first-order chi connectivity index (χ1) is 9.13. The molecular formula is C13H14ClN3O2. The summed E-state index contributed by atoms with van der Waals surface area (Å²) in [6.45, 7) is 2.29. The van der Waals surface area contributed by atoms with Crippen molar-refractivity contribution in [2.45, 2.75) is 13.3 Å². The highest BCUT2D eigenvalue weighted by Gasteiger charge is 2.03. The molecule has 0 aliphatic rings. The number of rotatable bonds is 4. The minimum Gasteiger partial charge on any atom is -0.446 e. The van der Waals surface area contributed by atoms with E-state index in [1.165, 1.54) is 0 Å². The predicted octanol–water partition coefficient (Wildman–Crippen LogP) is 3.00. The largest absolute Gasteiger partial charge is 0.446 e. The summed E-state index contributed by atoms with van der Waals surface area (Å²) in [5, 5.41) is 6.05. The molecular weight excluding hydrogens is 266 g/mol. The molecule has 1 aromatic heterocycles. The lowest BCUT2D eigenvalue weighted by Gasteiger charge is -2.06. The summed E-state index contributed by atoms with van der Waals surface area (Å²) >= 11 is 5.76. The fraction of sp³-hybridized carbons (Fsp3) is 0.231. The summed E-state index contributed by atoms with van der Waals surface area (Å²) in [5.41, 5.74) is 0.689. The van der Waals surface area contributed by atoms with Gasteiger partial charge < -0.3 is 15.1 Å². The minimum atomic E-state index is -0.273. The van der Waals surface area contributed by atoms with Gasteiger partial charge in [0.2, 0.25) is 0 Å². The van der Waals surface area contributed by atoms with Gasteiger partial charge in [-0.2, -0.15) is 0 Å². The lowest BCUT2D eigenvalue weighted by Crippen LogP contribution is -2.30. The van der Waals surface area contributed by atoms with E-state index >= 15 is 0 Å². The van der Waals surface area contributed by atoms with E-state index in [1.807, 2.05) is 6.92 Å². The SMILES string of the molecule is Cc1cnc(CCNC(=O)Nc2ccc(Cl)cc2)o1. The molecule has 2 rings (SSSR count). The number of halogens is 1. The standard InChI is InChI=1S/C13H14ClN3O2/c1-9-8-16-12(19-9)6-7-15-13(18)17-11-4-2-10(14)3-5-11/h2-5,8H,6-7H2,1H3,(H2,15,17,18). The smallest absolute Gasteiger partial charge is 0.319 e. The summed E-state index contributed by atoms with van der Waals surface area (Å²) in [6.07, 6.45) is 2.21. The number of urea groups is 1. The first-order valence-corrected chi connectivity index (χ1v) is 6.23. The van der Waals surface area contributed by atoms with Crippen LogP contribution in [-0.2, 0) is 6.42 Å². The van der Waals surface area contributed by atoms with Crippen LogP contribution in [0.2, 0.25) is 5.02 Å². The van der Waals surface area contributed by atoms with Gasteiger partial charge in [-0.3, -0.25) is 0 Å². The molecule has 0 spiro atoms. The summed E-state index contributed by atoms with van der Waals surface area (Å²) in [5.74, 6) is 1.38. The number of nitrogens with zero attached hydrogens (tertiary/aromatic N) is 1. The lowest BCUT2D eigenvalue weighted by atomic mass is 10.3. The Labute approximate surface area is 116 Å². The highest BCUT2D eigenvalue weighted by Crippen LogP contribution is 2.13. The second-order valence-electron chi connectivity index (χ2n) is 4.00. The maximum absolute atomic E-state index is 11.6. The zero-order chi connectivity index (χ0) is 13.7. The normalized spacial score (nSPS) is 10.2. The summed E-state index contributed by atoms with van der Waals surface area (Å²) in [4.78, 5) is 15.6. The number of nitrogens with one attached hydrogen (secondary N) is 2. The van der Waals surface area contributed by atoms with Gasteiger partial charge in [0.15, 0.2) is 5.89 Å². The minimum absolute atomic E-state index is 0.273. The Hall–Kier alpha value is -2.01. The molecule has 5 nitrogen and oxygen atoms in total. The Morgan fingerprint density at radius 2 is 2.11 bits per heavy atom. The van der Waals surface area contributed by atoms with E-state index in [0.29, 0.717) is 29.6 Å². The molecule has 2 N–H and O–H groups in total. The molecule has 0 aliphatic heterocycles. The fourth-order valence-corrected chi connectivity index (χ4v) is 1.63. The number of carbonyl (C=O) groups is 1. The Morgan fingerprint density at radius 1 is 1.37 bits per heavy atom. The number of benzene rings is 1. The van der Waals surface area contributed by atoms with Crippen LogP contribution in [0, 0.1) is 6.92 Å². The van der Waals surface area contributed by atoms with Crippen molar-refractivity contribution in [2.75, 3.05) is 11.9 Å². The van der Waals surface area contributed by atoms with Crippen LogP contribution < -0.4 is 10.6 Å². The molecule has 2 amide bonds. The summed E-state index contributed by atoms with van der Waals surface area (Å²) < 4.78 is 5.30. The first kappa shape index (κ1) is 13.4. The average molecular weight is 280 g/mol. The van der Waals surface area contributed by atoms with Crippen LogP contribution in [0.1, 0.15) is 11.7 Å². The second-order valence-corrected chi connectivity index (χ2v) is 4.44. The third-order valence-electron chi connectivity index (χ3n) is 2.40. The number of hydrogen-bond donors (Lipinski definition) is 2. The Morgan fingerprint density at radius 3 is 2.74 bits per heavy atom. The molecule has 0 fully saturated rings. The van der Waals surface area contributed by atoms with Crippen molar-refractivity contribution in [1.29, 1.82) is 0 Å². The van der Waals surface area contributed by atoms with Crippen molar-refractivity contribution in [3.05, 3.63) is 47.1 Å². The van der Waals surface area contributed by atoms with E-state index in [2.05, 4.69) is 15.6 Å². The van der Waals surface area contributed by atoms with Gasteiger partial charge in [-0.1, -0.05) is 11.6 Å². The van der Waals surface area contributed by atoms with Gasteiger partial charge in [0, 0.05) is 23.7 Å². The molecule has 100 valence electrons. The summed E-state index contributed by atoms with van der Waals surface area (Å²) in [7, 11) is 0. The van der Waals surface area contributed by atoms with Crippen LogP contribution in [0.5, 0.6) is 0 Å². The van der Waals surface area contributed by atoms with Gasteiger partial charge in [-0.05, 0) is 31.2 Å². The van der Waals surface area contributed by atoms with Gasteiger partial charge in [-0.25, -0.2) is 9.78 Å². The van der Waals surface area contributed by atoms with Gasteiger partial charge in [0.25, 0.3) is 0 Å². The molecule has 0 saturated carbocycles. The van der Waals surface area contributed by atoms with Gasteiger partial charge in [0.05, 0.1) is 6.20 Å². The molecule has 0 atom stereocenters. The number of anilines is 1. The zero-order valence-electron chi connectivity index (χ0n) is 10.4. The maximum atomic E-state index is 11.6. The van der Waals surface area contributed by atoms with Crippen molar-refractivity contribution in [1.82, 2.24) is 10.3 Å². The number of oxazole rings is 1. The van der Waals surface area contributed by atoms with E-state index in [4.69, 9.17) is 16.0 Å². The zero-order valence-corrected chi connectivity index (χ0v) is 11.2. The lowest BCUT2D eigenvalue weighted by molar-refractivity contribution is 0.252. The number of amides is 2. The third-order valence-corrected chi connectivity index (χ3v) is 2.65. The molecule has 1 aromatic carbocycles. The second kappa shape index (κ2) is 6.24. The molecule has 1 heterocycles. The Balaban J connectivity index is 1.74. The van der Waals surface area contributed by atoms with Crippen molar-refractivity contribution in [3.8, 4) is 0 Å². The van der Waals surface area contributed by atoms with E-state index in [-0.39, 0.29) is 6.03 Å². The highest BCUT2D eigenvalue weighted by molar-refractivity contribution is 6.30. The number of hydrogen-bond acceptors (Lipinski definition) is 3. The molecule has 19 heavy (non-hydrogen) atoms. The van der Waals surface area contributed by atoms with Gasteiger partial charge in [-0.15, -0.1) is 0 Å². The van der Waals surface area contributed by atoms with Crippen LogP contribution in [0.4, 0.5) is 10.5 Å². The van der Waals surface area contributed by atoms with E-state index in [1.54, 1.807) is 30.5 Å². The Bertz CT molecular complexity index is 551. The van der Waals surface area contributed by atoms with Crippen molar-refractivity contribution in [2.24, 2.45) is 0 Å². The topological polar surface area (TPSA) is 67.2 Å². The molecule has 6 heteroatoms. The molecule has 0 radical (unpaired) electrons.